The summed E-state index contributed by atoms with van der Waals surface area (Å²) in [6.07, 6.45) is 4.91. The lowest BCUT2D eigenvalue weighted by atomic mass is 10.1. The minimum Gasteiger partial charge on any atom is -0.487 e. The minimum absolute atomic E-state index is 0. The first-order valence-electron chi connectivity index (χ1n) is 10.3. The summed E-state index contributed by atoms with van der Waals surface area (Å²) in [7, 11) is 1.82. The Hall–Kier alpha value is -0.770. The van der Waals surface area contributed by atoms with Crippen LogP contribution >= 0.6 is 35.6 Å². The normalized spacial score (nSPS) is 21.6. The summed E-state index contributed by atoms with van der Waals surface area (Å²) in [5.74, 6) is 1.62. The molecule has 1 N–H and O–H groups in total. The molecule has 0 bridgehead atoms. The predicted molar refractivity (Wildman–Crippen MR) is 128 cm³/mol. The van der Waals surface area contributed by atoms with E-state index in [0.717, 1.165) is 57.9 Å². The molecule has 0 aromatic heterocycles. The van der Waals surface area contributed by atoms with Crippen LogP contribution in [0.25, 0.3) is 0 Å². The number of nitrogens with zero attached hydrogens (tertiary/aromatic N) is 2. The number of hydrogen-bond acceptors (Lipinski definition) is 4. The zero-order valence-corrected chi connectivity index (χ0v) is 20.4. The highest BCUT2D eigenvalue weighted by Crippen LogP contribution is 2.24. The molecule has 2 unspecified atom stereocenters. The summed E-state index contributed by atoms with van der Waals surface area (Å²) in [6, 6.07) is 7.54. The first-order valence-corrected chi connectivity index (χ1v) is 10.6. The van der Waals surface area contributed by atoms with E-state index in [1.54, 1.807) is 0 Å². The van der Waals surface area contributed by atoms with E-state index in [2.05, 4.69) is 15.2 Å². The fourth-order valence-corrected chi connectivity index (χ4v) is 3.80. The van der Waals surface area contributed by atoms with Crippen LogP contribution in [0.3, 0.4) is 0 Å². The van der Waals surface area contributed by atoms with E-state index in [1.807, 2.05) is 38.2 Å². The van der Waals surface area contributed by atoms with E-state index in [9.17, 15) is 0 Å². The van der Waals surface area contributed by atoms with Gasteiger partial charge in [0.15, 0.2) is 5.96 Å². The summed E-state index contributed by atoms with van der Waals surface area (Å²) in [6.45, 7) is 6.18. The van der Waals surface area contributed by atoms with Gasteiger partial charge < -0.3 is 24.4 Å². The molecule has 0 saturated carbocycles. The second kappa shape index (κ2) is 12.8. The Morgan fingerprint density at radius 3 is 2.72 bits per heavy atom. The molecule has 2 heterocycles. The fourth-order valence-electron chi connectivity index (χ4n) is 3.62. The number of hydrogen-bond donors (Lipinski definition) is 1. The topological polar surface area (TPSA) is 55.3 Å². The number of likely N-dealkylation sites (tertiary alicyclic amines) is 1. The first kappa shape index (κ1) is 24.5. The summed E-state index contributed by atoms with van der Waals surface area (Å²) in [5, 5.41) is 4.05. The number of guanidine groups is 1. The van der Waals surface area contributed by atoms with Gasteiger partial charge in [-0.1, -0.05) is 23.7 Å². The average Bonchev–Trinajstić information content (AvgIpc) is 3.23. The number of ether oxygens (including phenoxy) is 3. The van der Waals surface area contributed by atoms with Gasteiger partial charge in [0.05, 0.1) is 30.4 Å². The fraction of sp³-hybridized carbons (Fsp3) is 0.667. The van der Waals surface area contributed by atoms with Crippen molar-refractivity contribution in [2.75, 3.05) is 39.9 Å². The Labute approximate surface area is 196 Å². The summed E-state index contributed by atoms with van der Waals surface area (Å²) in [5.41, 5.74) is 0. The third kappa shape index (κ3) is 7.77. The van der Waals surface area contributed by atoms with Gasteiger partial charge in [0.25, 0.3) is 0 Å². The quantitative estimate of drug-likeness (QED) is 0.324. The van der Waals surface area contributed by atoms with Crippen LogP contribution in [-0.4, -0.2) is 69.1 Å². The average molecular weight is 538 g/mol. The number of piperidine rings is 1. The Balaban J connectivity index is 0.00000300. The molecule has 164 valence electrons. The highest BCUT2D eigenvalue weighted by Gasteiger charge is 2.24. The van der Waals surface area contributed by atoms with E-state index >= 15 is 0 Å². The molecule has 3 rings (SSSR count). The van der Waals surface area contributed by atoms with Crippen LogP contribution < -0.4 is 10.1 Å². The minimum atomic E-state index is -0.0241. The van der Waals surface area contributed by atoms with Crippen LogP contribution in [0.5, 0.6) is 5.75 Å². The van der Waals surface area contributed by atoms with Gasteiger partial charge >= 0.3 is 0 Å². The maximum absolute atomic E-state index is 6.16. The standard InChI is InChI=1S/C21H32ClN3O3.HI/c1-16(28-20-8-4-3-7-19(20)22)14-24-21(23-2)25-11-9-17(10-12-25)27-15-18-6-5-13-26-18;/h3-4,7-8,16-18H,5-6,9-15H2,1-2H3,(H,23,24);1H. The Morgan fingerprint density at radius 1 is 1.31 bits per heavy atom. The van der Waals surface area contributed by atoms with E-state index < -0.39 is 0 Å². The number of halogens is 2. The van der Waals surface area contributed by atoms with Crippen LogP contribution in [0.1, 0.15) is 32.6 Å². The van der Waals surface area contributed by atoms with E-state index in [1.165, 1.54) is 0 Å². The van der Waals surface area contributed by atoms with Gasteiger partial charge in [0.1, 0.15) is 11.9 Å². The third-order valence-electron chi connectivity index (χ3n) is 5.21. The smallest absolute Gasteiger partial charge is 0.193 e. The molecular formula is C21H33ClIN3O3. The van der Waals surface area contributed by atoms with Gasteiger partial charge in [-0.15, -0.1) is 24.0 Å². The van der Waals surface area contributed by atoms with Gasteiger partial charge in [0, 0.05) is 26.7 Å². The number of para-hydroxylation sites is 1. The van der Waals surface area contributed by atoms with Crippen molar-refractivity contribution in [2.45, 2.75) is 50.9 Å². The molecule has 0 amide bonds. The van der Waals surface area contributed by atoms with Crippen LogP contribution in [0.2, 0.25) is 5.02 Å². The van der Waals surface area contributed by atoms with E-state index in [0.29, 0.717) is 29.5 Å². The zero-order valence-electron chi connectivity index (χ0n) is 17.3. The molecular weight excluding hydrogens is 505 g/mol. The van der Waals surface area contributed by atoms with Crippen molar-refractivity contribution in [1.82, 2.24) is 10.2 Å². The molecule has 29 heavy (non-hydrogen) atoms. The molecule has 6 nitrogen and oxygen atoms in total. The van der Waals surface area contributed by atoms with Crippen LogP contribution in [0.4, 0.5) is 0 Å². The molecule has 2 saturated heterocycles. The molecule has 1 aromatic rings. The number of aliphatic imine (C=N–C) groups is 1. The van der Waals surface area contributed by atoms with Crippen molar-refractivity contribution in [2.24, 2.45) is 4.99 Å². The van der Waals surface area contributed by atoms with Crippen molar-refractivity contribution < 1.29 is 14.2 Å². The Kier molecular flexibility index (Phi) is 10.8. The number of benzene rings is 1. The molecule has 2 atom stereocenters. The largest absolute Gasteiger partial charge is 0.487 e. The molecule has 0 radical (unpaired) electrons. The Bertz CT molecular complexity index is 635. The molecule has 2 aliphatic heterocycles. The highest BCUT2D eigenvalue weighted by molar-refractivity contribution is 14.0. The molecule has 2 aliphatic rings. The van der Waals surface area contributed by atoms with Crippen molar-refractivity contribution in [1.29, 1.82) is 0 Å². The highest BCUT2D eigenvalue weighted by atomic mass is 127. The van der Waals surface area contributed by atoms with Crippen molar-refractivity contribution in [3.63, 3.8) is 0 Å². The van der Waals surface area contributed by atoms with Crippen molar-refractivity contribution in [3.05, 3.63) is 29.3 Å². The van der Waals surface area contributed by atoms with Crippen molar-refractivity contribution >= 4 is 41.5 Å². The van der Waals surface area contributed by atoms with Gasteiger partial charge in [-0.3, -0.25) is 4.99 Å². The lowest BCUT2D eigenvalue weighted by Gasteiger charge is -2.34. The maximum atomic E-state index is 6.16. The predicted octanol–water partition coefficient (Wildman–Crippen LogP) is 3.96. The number of rotatable bonds is 7. The van der Waals surface area contributed by atoms with E-state index in [-0.39, 0.29) is 30.1 Å². The molecule has 1 aromatic carbocycles. The SMILES string of the molecule is CN=C(NCC(C)Oc1ccccc1Cl)N1CCC(OCC2CCCO2)CC1.I. The second-order valence-electron chi connectivity index (χ2n) is 7.44. The van der Waals surface area contributed by atoms with E-state index in [4.69, 9.17) is 25.8 Å². The van der Waals surface area contributed by atoms with Gasteiger partial charge in [-0.05, 0) is 44.7 Å². The monoisotopic (exact) mass is 537 g/mol. The van der Waals surface area contributed by atoms with Crippen molar-refractivity contribution in [3.8, 4) is 5.75 Å². The lowest BCUT2D eigenvalue weighted by Crippen LogP contribution is -2.49. The summed E-state index contributed by atoms with van der Waals surface area (Å²) < 4.78 is 17.6. The van der Waals surface area contributed by atoms with Crippen LogP contribution in [0.15, 0.2) is 29.3 Å². The number of nitrogens with one attached hydrogen (secondary N) is 1. The lowest BCUT2D eigenvalue weighted by molar-refractivity contribution is -0.0367. The molecule has 8 heteroatoms. The Morgan fingerprint density at radius 2 is 2.07 bits per heavy atom. The van der Waals surface area contributed by atoms with Gasteiger partial charge in [-0.2, -0.15) is 0 Å². The maximum Gasteiger partial charge on any atom is 0.193 e. The van der Waals surface area contributed by atoms with Crippen LogP contribution in [0, 0.1) is 0 Å². The zero-order chi connectivity index (χ0) is 19.8. The summed E-state index contributed by atoms with van der Waals surface area (Å²) in [4.78, 5) is 6.72. The molecule has 2 fully saturated rings. The van der Waals surface area contributed by atoms with Crippen LogP contribution in [-0.2, 0) is 9.47 Å². The molecule has 0 spiro atoms. The van der Waals surface area contributed by atoms with Gasteiger partial charge in [0.2, 0.25) is 0 Å². The molecule has 0 aliphatic carbocycles. The third-order valence-corrected chi connectivity index (χ3v) is 5.52. The van der Waals surface area contributed by atoms with Gasteiger partial charge in [-0.25, -0.2) is 0 Å². The summed E-state index contributed by atoms with van der Waals surface area (Å²) >= 11 is 6.16. The second-order valence-corrected chi connectivity index (χ2v) is 7.85. The first-order chi connectivity index (χ1) is 13.7.